The van der Waals surface area contributed by atoms with Gasteiger partial charge < -0.3 is 15.0 Å². The zero-order chi connectivity index (χ0) is 21.9. The zero-order valence-electron chi connectivity index (χ0n) is 16.7. The fourth-order valence-electron chi connectivity index (χ4n) is 3.46. The van der Waals surface area contributed by atoms with Gasteiger partial charge in [-0.25, -0.2) is 4.79 Å². The Morgan fingerprint density at radius 2 is 1.93 bits per heavy atom. The lowest BCUT2D eigenvalue weighted by Gasteiger charge is -2.36. The van der Waals surface area contributed by atoms with Crippen molar-refractivity contribution < 1.29 is 18.3 Å². The van der Waals surface area contributed by atoms with Crippen LogP contribution in [0.4, 0.5) is 13.2 Å². The molecule has 1 aromatic heterocycles. The number of fused-ring (bicyclic) bond motifs is 1. The molecule has 30 heavy (non-hydrogen) atoms. The third-order valence-electron chi connectivity index (χ3n) is 5.30. The monoisotopic (exact) mass is 422 g/mol. The van der Waals surface area contributed by atoms with Crippen LogP contribution in [-0.4, -0.2) is 63.4 Å². The van der Waals surface area contributed by atoms with Crippen molar-refractivity contribution in [2.45, 2.75) is 19.6 Å². The topological polar surface area (TPSA) is 64.5 Å². The first-order chi connectivity index (χ1) is 14.2. The minimum absolute atomic E-state index is 0.0482. The average Bonchev–Trinajstić information content (AvgIpc) is 3.02. The minimum atomic E-state index is -4.41. The predicted molar refractivity (Wildman–Crippen MR) is 110 cm³/mol. The molecule has 0 radical (unpaired) electrons. The van der Waals surface area contributed by atoms with Crippen LogP contribution in [0.25, 0.3) is 11.0 Å². The number of phenolic OH excluding ortho intramolecular Hbond substituents is 1. The number of benzene rings is 1. The van der Waals surface area contributed by atoms with Crippen LogP contribution < -0.4 is 5.69 Å². The molecule has 162 valence electrons. The first-order valence-corrected chi connectivity index (χ1v) is 9.65. The lowest BCUT2D eigenvalue weighted by molar-refractivity contribution is -0.0878. The van der Waals surface area contributed by atoms with Gasteiger partial charge in [0.05, 0.1) is 5.52 Å². The largest absolute Gasteiger partial charge is 0.506 e. The number of aromatic amines is 1. The maximum absolute atomic E-state index is 12.5. The molecular weight excluding hydrogens is 397 g/mol. The summed E-state index contributed by atoms with van der Waals surface area (Å²) >= 11 is 0. The highest BCUT2D eigenvalue weighted by molar-refractivity contribution is 5.81. The van der Waals surface area contributed by atoms with Crippen LogP contribution in [0.1, 0.15) is 6.92 Å². The van der Waals surface area contributed by atoms with Gasteiger partial charge in [0.2, 0.25) is 0 Å². The first-order valence-electron chi connectivity index (χ1n) is 9.65. The molecular formula is C21H25F3N4O2. The van der Waals surface area contributed by atoms with Crippen molar-refractivity contribution in [2.24, 2.45) is 0 Å². The highest BCUT2D eigenvalue weighted by Crippen LogP contribution is 2.25. The Bertz CT molecular complexity index is 1030. The Balaban J connectivity index is 1.53. The van der Waals surface area contributed by atoms with Gasteiger partial charge in [-0.15, -0.1) is 0 Å². The van der Waals surface area contributed by atoms with E-state index in [1.807, 2.05) is 6.92 Å². The number of aromatic nitrogens is 2. The standard InChI is InChI=1S/C21H25F3N4O2/c1-15(21(22,23)24)5-3-6-16(2)27-12-9-26(10-13-27)11-14-28-17-7-4-8-18(29)19(17)25-20(28)30/h3-8,29H,1,9-14H2,2H3,(H,25,30)/b5-3-,16-6+. The molecule has 2 heterocycles. The second-order valence-electron chi connectivity index (χ2n) is 7.27. The Morgan fingerprint density at radius 3 is 2.60 bits per heavy atom. The smallest absolute Gasteiger partial charge is 0.415 e. The number of hydrogen-bond donors (Lipinski definition) is 2. The summed E-state index contributed by atoms with van der Waals surface area (Å²) in [5.41, 5.74) is 0.872. The summed E-state index contributed by atoms with van der Waals surface area (Å²) in [6.07, 6.45) is -0.410. The third kappa shape index (κ3) is 4.96. The summed E-state index contributed by atoms with van der Waals surface area (Å²) in [6, 6.07) is 5.03. The van der Waals surface area contributed by atoms with E-state index in [2.05, 4.69) is 21.4 Å². The maximum atomic E-state index is 12.5. The summed E-state index contributed by atoms with van der Waals surface area (Å²) in [4.78, 5) is 19.2. The van der Waals surface area contributed by atoms with E-state index >= 15 is 0 Å². The van der Waals surface area contributed by atoms with Crippen LogP contribution in [0.15, 0.2) is 59.1 Å². The van der Waals surface area contributed by atoms with Crippen LogP contribution in [0.5, 0.6) is 5.75 Å². The van der Waals surface area contributed by atoms with Crippen molar-refractivity contribution in [2.75, 3.05) is 32.7 Å². The van der Waals surface area contributed by atoms with Gasteiger partial charge in [0, 0.05) is 50.5 Å². The molecule has 1 saturated heterocycles. The molecule has 1 aliphatic heterocycles. The van der Waals surface area contributed by atoms with Gasteiger partial charge in [-0.1, -0.05) is 24.8 Å². The number of imidazole rings is 1. The number of allylic oxidation sites excluding steroid dienone is 5. The summed E-state index contributed by atoms with van der Waals surface area (Å²) < 4.78 is 39.0. The number of phenols is 1. The molecule has 0 saturated carbocycles. The fourth-order valence-corrected chi connectivity index (χ4v) is 3.46. The molecule has 3 rings (SSSR count). The Hall–Kier alpha value is -2.94. The molecule has 0 amide bonds. The molecule has 0 atom stereocenters. The first kappa shape index (κ1) is 21.8. The van der Waals surface area contributed by atoms with E-state index in [1.165, 1.54) is 12.1 Å². The van der Waals surface area contributed by atoms with Crippen LogP contribution >= 0.6 is 0 Å². The van der Waals surface area contributed by atoms with Gasteiger partial charge in [0.15, 0.2) is 0 Å². The van der Waals surface area contributed by atoms with Crippen LogP contribution in [-0.2, 0) is 6.54 Å². The van der Waals surface area contributed by atoms with Crippen molar-refractivity contribution in [1.82, 2.24) is 19.4 Å². The van der Waals surface area contributed by atoms with Crippen LogP contribution in [0.3, 0.4) is 0 Å². The van der Waals surface area contributed by atoms with E-state index in [0.717, 1.165) is 38.0 Å². The fraction of sp³-hybridized carbons (Fsp3) is 0.381. The van der Waals surface area contributed by atoms with E-state index in [-0.39, 0.29) is 11.4 Å². The summed E-state index contributed by atoms with van der Waals surface area (Å²) in [6.45, 7) is 9.14. The number of rotatable bonds is 6. The second kappa shape index (κ2) is 8.83. The third-order valence-corrected chi connectivity index (χ3v) is 5.30. The minimum Gasteiger partial charge on any atom is -0.506 e. The molecule has 1 fully saturated rings. The van der Waals surface area contributed by atoms with Crippen LogP contribution in [0.2, 0.25) is 0 Å². The van der Waals surface area contributed by atoms with Gasteiger partial charge in [0.25, 0.3) is 0 Å². The summed E-state index contributed by atoms with van der Waals surface area (Å²) in [5, 5.41) is 9.87. The lowest BCUT2D eigenvalue weighted by atomic mass is 10.2. The number of nitrogens with zero attached hydrogens (tertiary/aromatic N) is 3. The molecule has 0 bridgehead atoms. The van der Waals surface area contributed by atoms with Gasteiger partial charge in [-0.2, -0.15) is 13.2 Å². The van der Waals surface area contributed by atoms with Crippen LogP contribution in [0, 0.1) is 0 Å². The van der Waals surface area contributed by atoms with E-state index in [4.69, 9.17) is 0 Å². The summed E-state index contributed by atoms with van der Waals surface area (Å²) in [7, 11) is 0. The number of piperazine rings is 1. The van der Waals surface area contributed by atoms with Crippen molar-refractivity contribution in [3.05, 3.63) is 64.8 Å². The molecule has 0 unspecified atom stereocenters. The van der Waals surface area contributed by atoms with Gasteiger partial charge in [0.1, 0.15) is 11.3 Å². The molecule has 2 aromatic rings. The van der Waals surface area contributed by atoms with Gasteiger partial charge in [-0.05, 0) is 25.1 Å². The average molecular weight is 422 g/mol. The number of H-pyrrole nitrogens is 1. The van der Waals surface area contributed by atoms with Gasteiger partial charge >= 0.3 is 11.9 Å². The molecule has 6 nitrogen and oxygen atoms in total. The highest BCUT2D eigenvalue weighted by Gasteiger charge is 2.29. The molecule has 2 N–H and O–H groups in total. The molecule has 1 aromatic carbocycles. The van der Waals surface area contributed by atoms with E-state index in [1.54, 1.807) is 22.8 Å². The van der Waals surface area contributed by atoms with Crippen molar-refractivity contribution in [1.29, 1.82) is 0 Å². The molecule has 1 aliphatic rings. The SMILES string of the molecule is C=C(/C=C\C=C(/C)N1CCN(CCn2c(=O)[nH]c3c(O)cccc32)CC1)C(F)(F)F. The normalized spacial score (nSPS) is 16.7. The van der Waals surface area contributed by atoms with Crippen molar-refractivity contribution in [3.63, 3.8) is 0 Å². The highest BCUT2D eigenvalue weighted by atomic mass is 19.4. The Kier molecular flexibility index (Phi) is 6.40. The van der Waals surface area contributed by atoms with E-state index < -0.39 is 11.7 Å². The number of alkyl halides is 3. The van der Waals surface area contributed by atoms with E-state index in [0.29, 0.717) is 24.1 Å². The molecule has 9 heteroatoms. The van der Waals surface area contributed by atoms with Crippen molar-refractivity contribution in [3.8, 4) is 5.75 Å². The Morgan fingerprint density at radius 1 is 1.23 bits per heavy atom. The number of halogens is 3. The zero-order valence-corrected chi connectivity index (χ0v) is 16.7. The summed E-state index contributed by atoms with van der Waals surface area (Å²) in [5.74, 6) is 0.0482. The molecule has 0 spiro atoms. The van der Waals surface area contributed by atoms with Gasteiger partial charge in [-0.3, -0.25) is 9.47 Å². The van der Waals surface area contributed by atoms with Crippen molar-refractivity contribution >= 4 is 11.0 Å². The number of aromatic hydroxyl groups is 1. The second-order valence-corrected chi connectivity index (χ2v) is 7.27. The Labute approximate surface area is 172 Å². The number of nitrogens with one attached hydrogen (secondary N) is 1. The quantitative estimate of drug-likeness (QED) is 0.702. The number of para-hydroxylation sites is 1. The predicted octanol–water partition coefficient (Wildman–Crippen LogP) is 3.23. The number of hydrogen-bond acceptors (Lipinski definition) is 4. The maximum Gasteiger partial charge on any atom is 0.415 e. The van der Waals surface area contributed by atoms with E-state index in [9.17, 15) is 23.1 Å². The molecule has 0 aliphatic carbocycles. The lowest BCUT2D eigenvalue weighted by Crippen LogP contribution is -2.46.